The SMILES string of the molecule is O.O.O.O.[CH3-].[CH3-].[CH3-].[CH3-].[CH3-].[CH3-].[CH3-].[CH3-].[CH3-].[CH3-].[CH3-].[CH3-].[Ce+3].[Ce+3].[Ce+3].[Ce+3].[Hf]. The predicted octanol–water partition coefficient (Wildman–Crippen LogP) is 2.10. The van der Waals surface area contributed by atoms with Crippen LogP contribution in [0.2, 0.25) is 0 Å². The van der Waals surface area contributed by atoms with Crippen molar-refractivity contribution in [1.29, 1.82) is 0 Å². The smallest absolute Gasteiger partial charge is 0.412 e. The Labute approximate surface area is 296 Å². The average Bonchev–Trinajstić information content (AvgIpc) is 0. The van der Waals surface area contributed by atoms with E-state index in [9.17, 15) is 0 Å². The van der Waals surface area contributed by atoms with Crippen LogP contribution < -0.4 is 0 Å². The molecule has 0 bridgehead atoms. The van der Waals surface area contributed by atoms with Crippen LogP contribution >= 0.6 is 0 Å². The zero-order valence-corrected chi connectivity index (χ0v) is 32.7. The normalized spacial score (nSPS) is 0. The van der Waals surface area contributed by atoms with E-state index in [2.05, 4.69) is 0 Å². The van der Waals surface area contributed by atoms with Gasteiger partial charge in [-0.3, -0.25) is 0 Å². The van der Waals surface area contributed by atoms with Gasteiger partial charge in [-0.05, 0) is 0 Å². The Morgan fingerprint density at radius 1 is 0.190 bits per heavy atom. The first kappa shape index (κ1) is 484. The molecule has 0 aromatic heterocycles. The summed E-state index contributed by atoms with van der Waals surface area (Å²) in [7, 11) is 0. The maximum absolute atomic E-state index is 0. The molecule has 0 heterocycles. The molecule has 4 nitrogen and oxygen atoms in total. The summed E-state index contributed by atoms with van der Waals surface area (Å²) < 4.78 is 0. The second kappa shape index (κ2) is 431. The summed E-state index contributed by atoms with van der Waals surface area (Å²) in [4.78, 5) is 0. The largest absolute Gasteiger partial charge is 3.00 e. The topological polar surface area (TPSA) is 126 Å². The van der Waals surface area contributed by atoms with E-state index < -0.39 is 0 Å². The number of rotatable bonds is 0. The molecule has 0 saturated carbocycles. The van der Waals surface area contributed by atoms with E-state index in [4.69, 9.17) is 0 Å². The van der Waals surface area contributed by atoms with Crippen molar-refractivity contribution >= 4 is 0 Å². The number of hydrogen-bond donors (Lipinski definition) is 0. The second-order valence-electron chi connectivity index (χ2n) is 0. The Bertz CT molecular complexity index is 33.2. The standard InChI is InChI=1S/12CH3.4Ce.Hf.4H2O/h12*1H3;;;;;;4*1H2/q12*-1;4*+3;;;;;. The van der Waals surface area contributed by atoms with Crippen molar-refractivity contribution in [3.63, 3.8) is 0 Å². The Balaban J connectivity index is 0. The van der Waals surface area contributed by atoms with Gasteiger partial charge in [0.05, 0.1) is 0 Å². The minimum Gasteiger partial charge on any atom is -0.412 e. The predicted molar refractivity (Wildman–Crippen MR) is 91.4 cm³/mol. The summed E-state index contributed by atoms with van der Waals surface area (Å²) in [6, 6.07) is 0. The van der Waals surface area contributed by atoms with Crippen LogP contribution in [0.15, 0.2) is 0 Å². The molecule has 136 valence electrons. The van der Waals surface area contributed by atoms with Gasteiger partial charge in [-0.15, -0.1) is 0 Å². The molecule has 0 aromatic carbocycles. The molecule has 0 aliphatic carbocycles. The summed E-state index contributed by atoms with van der Waals surface area (Å²) in [6.45, 7) is 0. The third-order valence-electron chi connectivity index (χ3n) is 0. The van der Waals surface area contributed by atoms with Gasteiger partial charge >= 0.3 is 167 Å². The number of hydrogen-bond acceptors (Lipinski definition) is 0. The van der Waals surface area contributed by atoms with Gasteiger partial charge < -0.3 is 111 Å². The minimum absolute atomic E-state index is 0. The van der Waals surface area contributed by atoms with Crippen molar-refractivity contribution < 1.29 is 215 Å². The molecule has 0 aliphatic heterocycles. The van der Waals surface area contributed by atoms with E-state index >= 15 is 0 Å². The average molecular weight is 991 g/mol. The van der Waals surface area contributed by atoms with Gasteiger partial charge in [0.2, 0.25) is 0 Å². The molecular weight excluding hydrogens is 947 g/mol. The van der Waals surface area contributed by atoms with Crippen LogP contribution in [0.3, 0.4) is 0 Å². The maximum atomic E-state index is 0. The quantitative estimate of drug-likeness (QED) is 0.261. The molecular formula is C12H44Ce4HfO4. The molecule has 0 aromatic rings. The second-order valence-corrected chi connectivity index (χ2v) is 0. The van der Waals surface area contributed by atoms with Gasteiger partial charge in [-0.25, -0.2) is 0 Å². The first-order valence-electron chi connectivity index (χ1n) is 0. The minimum atomic E-state index is 0. The Hall–Kier alpha value is 6.22. The third-order valence-corrected chi connectivity index (χ3v) is 0. The first-order chi connectivity index (χ1) is 0. The molecule has 0 unspecified atom stereocenters. The fraction of sp³-hybridized carbons (Fsp3) is 0. The van der Waals surface area contributed by atoms with E-state index in [0.717, 1.165) is 0 Å². The van der Waals surface area contributed by atoms with Crippen molar-refractivity contribution in [2.45, 2.75) is 0 Å². The molecule has 9 heteroatoms. The molecule has 0 saturated heterocycles. The Morgan fingerprint density at radius 2 is 0.190 bits per heavy atom. The van der Waals surface area contributed by atoms with Crippen molar-refractivity contribution in [2.75, 3.05) is 0 Å². The molecule has 0 rings (SSSR count). The van der Waals surface area contributed by atoms with Gasteiger partial charge in [0, 0.05) is 25.8 Å². The molecule has 21 heavy (non-hydrogen) atoms. The van der Waals surface area contributed by atoms with Crippen LogP contribution in [0, 0.1) is 256 Å². The fourth-order valence-electron chi connectivity index (χ4n) is 0. The van der Waals surface area contributed by atoms with Gasteiger partial charge in [0.1, 0.15) is 0 Å². The molecule has 0 spiro atoms. The Morgan fingerprint density at radius 3 is 0.190 bits per heavy atom. The van der Waals surface area contributed by atoms with Crippen molar-refractivity contribution in [3.05, 3.63) is 89.1 Å². The van der Waals surface area contributed by atoms with Gasteiger partial charge in [0.15, 0.2) is 0 Å². The third kappa shape index (κ3) is 398. The summed E-state index contributed by atoms with van der Waals surface area (Å²) in [6.07, 6.45) is 0. The van der Waals surface area contributed by atoms with Crippen LogP contribution in [0.4, 0.5) is 0 Å². The molecule has 8 N–H and O–H groups in total. The van der Waals surface area contributed by atoms with E-state index in [1.54, 1.807) is 0 Å². The molecule has 0 atom stereocenters. The fourth-order valence-corrected chi connectivity index (χ4v) is 0. The van der Waals surface area contributed by atoms with Crippen molar-refractivity contribution in [1.82, 2.24) is 0 Å². The van der Waals surface area contributed by atoms with Crippen molar-refractivity contribution in [3.8, 4) is 0 Å². The van der Waals surface area contributed by atoms with Crippen LogP contribution in [0.25, 0.3) is 0 Å². The zero-order valence-electron chi connectivity index (χ0n) is 16.5. The summed E-state index contributed by atoms with van der Waals surface area (Å²) in [5, 5.41) is 0. The molecule has 0 fully saturated rings. The van der Waals surface area contributed by atoms with Crippen LogP contribution in [0.1, 0.15) is 0 Å². The van der Waals surface area contributed by atoms with Gasteiger partial charge in [0.25, 0.3) is 0 Å². The summed E-state index contributed by atoms with van der Waals surface area (Å²) >= 11 is 0. The van der Waals surface area contributed by atoms with E-state index in [1.165, 1.54) is 0 Å². The van der Waals surface area contributed by atoms with E-state index in [-0.39, 0.29) is 304 Å². The van der Waals surface area contributed by atoms with Crippen LogP contribution in [-0.4, -0.2) is 21.9 Å². The van der Waals surface area contributed by atoms with Crippen LogP contribution in [0.5, 0.6) is 0 Å². The van der Waals surface area contributed by atoms with Crippen LogP contribution in [-0.2, 0) is 25.8 Å². The summed E-state index contributed by atoms with van der Waals surface area (Å²) in [5.74, 6) is 0. The van der Waals surface area contributed by atoms with Crippen molar-refractivity contribution in [2.24, 2.45) is 0 Å². The summed E-state index contributed by atoms with van der Waals surface area (Å²) in [5.41, 5.74) is 0. The van der Waals surface area contributed by atoms with Gasteiger partial charge in [-0.2, -0.15) is 0 Å². The molecule has 0 amide bonds. The van der Waals surface area contributed by atoms with E-state index in [1.807, 2.05) is 0 Å². The molecule has 0 aliphatic rings. The maximum Gasteiger partial charge on any atom is 3.00 e. The van der Waals surface area contributed by atoms with Gasteiger partial charge in [-0.1, -0.05) is 0 Å². The Kier molecular flexibility index (Phi) is 9940. The monoisotopic (exact) mass is 992 g/mol. The molecule has 4 radical (unpaired) electrons. The van der Waals surface area contributed by atoms with E-state index in [0.29, 0.717) is 0 Å². The zero-order chi connectivity index (χ0) is 0. The first-order valence-corrected chi connectivity index (χ1v) is 0.